The monoisotopic (exact) mass is 250 g/mol. The molecule has 0 aromatic carbocycles. The third-order valence-corrected chi connectivity index (χ3v) is 4.99. The average molecular weight is 250 g/mol. The summed E-state index contributed by atoms with van der Waals surface area (Å²) in [7, 11) is -3.11. The SMILES string of the molecule is CCOC(=O)[C@@H]1C[C@H]1P(=O)(OCC)OCC. The van der Waals surface area contributed by atoms with E-state index >= 15 is 0 Å². The lowest BCUT2D eigenvalue weighted by Gasteiger charge is -2.16. The molecule has 0 aliphatic heterocycles. The molecule has 1 aliphatic carbocycles. The van der Waals surface area contributed by atoms with Gasteiger partial charge in [-0.3, -0.25) is 9.36 Å². The Hall–Kier alpha value is -0.380. The van der Waals surface area contributed by atoms with Crippen molar-refractivity contribution in [1.82, 2.24) is 0 Å². The summed E-state index contributed by atoms with van der Waals surface area (Å²) >= 11 is 0. The Balaban J connectivity index is 2.57. The molecule has 0 heterocycles. The quantitative estimate of drug-likeness (QED) is 0.512. The van der Waals surface area contributed by atoms with Crippen molar-refractivity contribution in [2.75, 3.05) is 19.8 Å². The fourth-order valence-corrected chi connectivity index (χ4v) is 3.85. The molecule has 0 spiro atoms. The molecule has 0 amide bonds. The largest absolute Gasteiger partial charge is 0.466 e. The van der Waals surface area contributed by atoms with Gasteiger partial charge in [0.15, 0.2) is 0 Å². The van der Waals surface area contributed by atoms with Gasteiger partial charge in [-0.25, -0.2) is 0 Å². The molecule has 0 saturated heterocycles. The van der Waals surface area contributed by atoms with Gasteiger partial charge >= 0.3 is 13.6 Å². The number of hydrogen-bond donors (Lipinski definition) is 0. The molecule has 0 aromatic heterocycles. The highest BCUT2D eigenvalue weighted by molar-refractivity contribution is 7.55. The Bertz CT molecular complexity index is 281. The van der Waals surface area contributed by atoms with Gasteiger partial charge in [0.25, 0.3) is 0 Å². The van der Waals surface area contributed by atoms with Crippen molar-refractivity contribution >= 4 is 13.6 Å². The van der Waals surface area contributed by atoms with E-state index in [1.165, 1.54) is 0 Å². The van der Waals surface area contributed by atoms with Crippen LogP contribution in [0.3, 0.4) is 0 Å². The Kier molecular flexibility index (Phi) is 4.96. The Labute approximate surface area is 96.0 Å². The van der Waals surface area contributed by atoms with Crippen LogP contribution in [0.5, 0.6) is 0 Å². The van der Waals surface area contributed by atoms with Gasteiger partial charge in [0.05, 0.1) is 31.4 Å². The highest BCUT2D eigenvalue weighted by Gasteiger charge is 2.57. The molecule has 0 N–H and O–H groups in total. The molecule has 1 rings (SSSR count). The molecule has 0 radical (unpaired) electrons. The van der Waals surface area contributed by atoms with Crippen LogP contribution in [-0.2, 0) is 23.1 Å². The van der Waals surface area contributed by atoms with Crippen LogP contribution >= 0.6 is 7.60 Å². The van der Waals surface area contributed by atoms with E-state index in [0.29, 0.717) is 26.2 Å². The third-order valence-electron chi connectivity index (χ3n) is 2.37. The van der Waals surface area contributed by atoms with Gasteiger partial charge in [-0.05, 0) is 27.2 Å². The van der Waals surface area contributed by atoms with Gasteiger partial charge in [-0.2, -0.15) is 0 Å². The minimum absolute atomic E-state index is 0.299. The standard InChI is InChI=1S/C10H19O5P/c1-4-13-10(11)8-7-9(8)16(12,14-5-2)15-6-3/h8-9H,4-7H2,1-3H3/t8-,9-/m1/s1. The fraction of sp³-hybridized carbons (Fsp3) is 0.900. The van der Waals surface area contributed by atoms with Crippen LogP contribution < -0.4 is 0 Å². The van der Waals surface area contributed by atoms with E-state index < -0.39 is 7.60 Å². The first-order valence-electron chi connectivity index (χ1n) is 5.64. The number of rotatable bonds is 7. The van der Waals surface area contributed by atoms with Gasteiger partial charge in [0, 0.05) is 0 Å². The van der Waals surface area contributed by atoms with Crippen LogP contribution in [-0.4, -0.2) is 31.4 Å². The highest BCUT2D eigenvalue weighted by Crippen LogP contribution is 2.65. The molecular formula is C10H19O5P. The molecule has 2 atom stereocenters. The topological polar surface area (TPSA) is 61.8 Å². The van der Waals surface area contributed by atoms with Crippen molar-refractivity contribution < 1.29 is 23.1 Å². The van der Waals surface area contributed by atoms with Crippen molar-refractivity contribution in [1.29, 1.82) is 0 Å². The van der Waals surface area contributed by atoms with E-state index in [1.807, 2.05) is 0 Å². The van der Waals surface area contributed by atoms with E-state index in [1.54, 1.807) is 20.8 Å². The van der Waals surface area contributed by atoms with Gasteiger partial charge in [0.2, 0.25) is 0 Å². The predicted octanol–water partition coefficient (Wildman–Crippen LogP) is 2.20. The molecule has 94 valence electrons. The zero-order valence-electron chi connectivity index (χ0n) is 9.97. The summed E-state index contributed by atoms with van der Waals surface area (Å²) < 4.78 is 27.5. The molecule has 16 heavy (non-hydrogen) atoms. The van der Waals surface area contributed by atoms with E-state index in [9.17, 15) is 9.36 Å². The van der Waals surface area contributed by atoms with Crippen LogP contribution in [0.4, 0.5) is 0 Å². The zero-order chi connectivity index (χ0) is 12.2. The maximum absolute atomic E-state index is 12.2. The first kappa shape index (κ1) is 13.7. The van der Waals surface area contributed by atoms with E-state index in [4.69, 9.17) is 13.8 Å². The minimum atomic E-state index is -3.11. The van der Waals surface area contributed by atoms with Crippen LogP contribution in [0.25, 0.3) is 0 Å². The number of carbonyl (C=O) groups is 1. The molecule has 0 unspecified atom stereocenters. The zero-order valence-corrected chi connectivity index (χ0v) is 10.9. The van der Waals surface area contributed by atoms with E-state index in [-0.39, 0.29) is 17.5 Å². The third kappa shape index (κ3) is 3.06. The first-order valence-corrected chi connectivity index (χ1v) is 7.25. The van der Waals surface area contributed by atoms with Gasteiger partial charge in [0.1, 0.15) is 0 Å². The maximum atomic E-state index is 12.2. The lowest BCUT2D eigenvalue weighted by molar-refractivity contribution is -0.144. The summed E-state index contributed by atoms with van der Waals surface area (Å²) in [6, 6.07) is 0. The normalized spacial score (nSPS) is 24.2. The Morgan fingerprint density at radius 3 is 2.19 bits per heavy atom. The second-order valence-electron chi connectivity index (χ2n) is 3.54. The molecule has 5 nitrogen and oxygen atoms in total. The Morgan fingerprint density at radius 1 is 1.19 bits per heavy atom. The van der Waals surface area contributed by atoms with Crippen LogP contribution in [0, 0.1) is 5.92 Å². The number of hydrogen-bond acceptors (Lipinski definition) is 5. The van der Waals surface area contributed by atoms with E-state index in [2.05, 4.69) is 0 Å². The smallest absolute Gasteiger partial charge is 0.334 e. The molecular weight excluding hydrogens is 231 g/mol. The molecule has 1 saturated carbocycles. The number of ether oxygens (including phenoxy) is 1. The summed E-state index contributed by atoms with van der Waals surface area (Å²) in [5.41, 5.74) is -0.313. The summed E-state index contributed by atoms with van der Waals surface area (Å²) in [6.07, 6.45) is 0.538. The lowest BCUT2D eigenvalue weighted by atomic mass is 10.4. The summed E-state index contributed by atoms with van der Waals surface area (Å²) in [4.78, 5) is 11.4. The van der Waals surface area contributed by atoms with Crippen molar-refractivity contribution in [3.63, 3.8) is 0 Å². The molecule has 1 aliphatic rings. The second kappa shape index (κ2) is 5.80. The van der Waals surface area contributed by atoms with E-state index in [0.717, 1.165) is 0 Å². The Morgan fingerprint density at radius 2 is 1.75 bits per heavy atom. The van der Waals surface area contributed by atoms with Gasteiger partial charge in [-0.15, -0.1) is 0 Å². The summed E-state index contributed by atoms with van der Waals surface area (Å²) in [5.74, 6) is -0.615. The van der Waals surface area contributed by atoms with Crippen molar-refractivity contribution in [3.05, 3.63) is 0 Å². The number of carbonyl (C=O) groups excluding carboxylic acids is 1. The van der Waals surface area contributed by atoms with Crippen LogP contribution in [0.15, 0.2) is 0 Å². The van der Waals surface area contributed by atoms with Crippen molar-refractivity contribution in [2.45, 2.75) is 32.9 Å². The molecule has 0 bridgehead atoms. The minimum Gasteiger partial charge on any atom is -0.466 e. The highest BCUT2D eigenvalue weighted by atomic mass is 31.2. The second-order valence-corrected chi connectivity index (χ2v) is 5.80. The fourth-order valence-electron chi connectivity index (χ4n) is 1.62. The van der Waals surface area contributed by atoms with Crippen molar-refractivity contribution in [3.8, 4) is 0 Å². The molecule has 6 heteroatoms. The number of esters is 1. The average Bonchev–Trinajstić information content (AvgIpc) is 2.98. The molecule has 0 aromatic rings. The summed E-state index contributed by atoms with van der Waals surface area (Å²) in [5, 5.41) is 0. The van der Waals surface area contributed by atoms with Crippen LogP contribution in [0.1, 0.15) is 27.2 Å². The first-order chi connectivity index (χ1) is 7.59. The van der Waals surface area contributed by atoms with Gasteiger partial charge < -0.3 is 13.8 Å². The lowest BCUT2D eigenvalue weighted by Crippen LogP contribution is -2.11. The van der Waals surface area contributed by atoms with Crippen molar-refractivity contribution in [2.24, 2.45) is 5.92 Å². The summed E-state index contributed by atoms with van der Waals surface area (Å²) in [6.45, 7) is 6.25. The molecule has 1 fully saturated rings. The van der Waals surface area contributed by atoms with Gasteiger partial charge in [-0.1, -0.05) is 0 Å². The predicted molar refractivity (Wildman–Crippen MR) is 59.4 cm³/mol. The maximum Gasteiger partial charge on any atom is 0.334 e. The van der Waals surface area contributed by atoms with Crippen LogP contribution in [0.2, 0.25) is 0 Å².